The maximum absolute atomic E-state index is 7.69. The molecular weight excluding hydrogens is 222 g/mol. The molecule has 0 saturated carbocycles. The summed E-state index contributed by atoms with van der Waals surface area (Å²) in [6.07, 6.45) is 0.911. The van der Waals surface area contributed by atoms with Crippen LogP contribution >= 0.6 is 11.3 Å². The summed E-state index contributed by atoms with van der Waals surface area (Å²) >= 11 is 1.72. The maximum atomic E-state index is 7.69. The van der Waals surface area contributed by atoms with E-state index in [-0.39, 0.29) is 11.9 Å². The second-order valence-corrected chi connectivity index (χ2v) is 4.30. The van der Waals surface area contributed by atoms with Gasteiger partial charge in [-0.1, -0.05) is 6.07 Å². The van der Waals surface area contributed by atoms with Gasteiger partial charge in [0.15, 0.2) is 5.96 Å². The zero-order chi connectivity index (χ0) is 12.0. The number of nitrogens with zero attached hydrogens (tertiary/aromatic N) is 2. The number of rotatable bonds is 4. The molecule has 0 unspecified atom stereocenters. The molecule has 0 amide bonds. The third-order valence-electron chi connectivity index (χ3n) is 2.12. The monoisotopic (exact) mass is 239 g/mol. The highest BCUT2D eigenvalue weighted by Crippen LogP contribution is 2.09. The van der Waals surface area contributed by atoms with Gasteiger partial charge in [-0.3, -0.25) is 5.41 Å². The van der Waals surface area contributed by atoms with Gasteiger partial charge in [0.05, 0.1) is 0 Å². The van der Waals surface area contributed by atoms with Crippen LogP contribution in [0.1, 0.15) is 11.8 Å². The van der Waals surface area contributed by atoms with Gasteiger partial charge in [0.1, 0.15) is 0 Å². The van der Waals surface area contributed by atoms with Gasteiger partial charge in [0.2, 0.25) is 5.96 Å². The molecule has 0 aliphatic rings. The first-order valence-corrected chi connectivity index (χ1v) is 5.97. The topological polar surface area (TPSA) is 91.5 Å². The lowest BCUT2D eigenvalue weighted by Crippen LogP contribution is -2.34. The minimum Gasteiger partial charge on any atom is -0.370 e. The van der Waals surface area contributed by atoms with Crippen molar-refractivity contribution in [3.8, 4) is 0 Å². The Kier molecular flexibility index (Phi) is 4.78. The second-order valence-electron chi connectivity index (χ2n) is 3.27. The predicted molar refractivity (Wildman–Crippen MR) is 68.8 cm³/mol. The first kappa shape index (κ1) is 12.5. The lowest BCUT2D eigenvalue weighted by Gasteiger charge is -2.20. The number of nitrogens with one attached hydrogen (secondary N) is 1. The van der Waals surface area contributed by atoms with Crippen molar-refractivity contribution in [1.82, 2.24) is 4.90 Å². The summed E-state index contributed by atoms with van der Waals surface area (Å²) in [5.41, 5.74) is 10.5. The van der Waals surface area contributed by atoms with Gasteiger partial charge < -0.3 is 16.4 Å². The van der Waals surface area contributed by atoms with Crippen LogP contribution in [0.3, 0.4) is 0 Å². The first-order valence-electron chi connectivity index (χ1n) is 5.09. The molecule has 1 heterocycles. The summed E-state index contributed by atoms with van der Waals surface area (Å²) in [4.78, 5) is 6.87. The fourth-order valence-electron chi connectivity index (χ4n) is 1.31. The molecule has 0 aromatic carbocycles. The van der Waals surface area contributed by atoms with Crippen LogP contribution in [-0.4, -0.2) is 29.9 Å². The molecule has 1 aromatic heterocycles. The van der Waals surface area contributed by atoms with Crippen LogP contribution in [0.2, 0.25) is 0 Å². The highest BCUT2D eigenvalue weighted by Gasteiger charge is 2.07. The standard InChI is InChI=1S/C10H17N5S/c1-2-15(10(13)14-9(11)12)6-5-8-4-3-7-16-8/h3-4,7H,2,5-6H2,1H3,(H5,11,12,13,14). The zero-order valence-electron chi connectivity index (χ0n) is 9.31. The molecule has 0 bridgehead atoms. The Balaban J connectivity index is 2.49. The number of aliphatic imine (C=N–C) groups is 1. The fourth-order valence-corrected chi connectivity index (χ4v) is 2.00. The largest absolute Gasteiger partial charge is 0.370 e. The second kappa shape index (κ2) is 6.12. The molecule has 0 fully saturated rings. The molecule has 1 rings (SSSR count). The van der Waals surface area contributed by atoms with Crippen molar-refractivity contribution in [3.05, 3.63) is 22.4 Å². The van der Waals surface area contributed by atoms with Crippen molar-refractivity contribution in [1.29, 1.82) is 5.41 Å². The summed E-state index contributed by atoms with van der Waals surface area (Å²) in [5.74, 6) is 0.0543. The van der Waals surface area contributed by atoms with E-state index in [0.29, 0.717) is 0 Å². The van der Waals surface area contributed by atoms with E-state index in [2.05, 4.69) is 11.1 Å². The van der Waals surface area contributed by atoms with Gasteiger partial charge in [-0.15, -0.1) is 11.3 Å². The van der Waals surface area contributed by atoms with Gasteiger partial charge in [0.25, 0.3) is 0 Å². The SMILES string of the molecule is CCN(CCc1cccs1)C(=N)N=C(N)N. The first-order chi connectivity index (χ1) is 7.63. The Morgan fingerprint density at radius 3 is 2.81 bits per heavy atom. The normalized spacial score (nSPS) is 9.81. The third kappa shape index (κ3) is 3.90. The molecule has 88 valence electrons. The number of guanidine groups is 2. The van der Waals surface area contributed by atoms with Crippen molar-refractivity contribution in [2.24, 2.45) is 16.5 Å². The lowest BCUT2D eigenvalue weighted by molar-refractivity contribution is 0.439. The predicted octanol–water partition coefficient (Wildman–Crippen LogP) is 0.821. The number of hydrogen-bond acceptors (Lipinski definition) is 2. The number of hydrogen-bond donors (Lipinski definition) is 3. The van der Waals surface area contributed by atoms with Gasteiger partial charge in [0, 0.05) is 18.0 Å². The van der Waals surface area contributed by atoms with E-state index in [1.807, 2.05) is 23.3 Å². The van der Waals surface area contributed by atoms with E-state index < -0.39 is 0 Å². The molecule has 0 atom stereocenters. The Morgan fingerprint density at radius 1 is 1.56 bits per heavy atom. The molecule has 6 heteroatoms. The zero-order valence-corrected chi connectivity index (χ0v) is 10.1. The minimum absolute atomic E-state index is 0.0698. The third-order valence-corrected chi connectivity index (χ3v) is 3.06. The minimum atomic E-state index is -0.0698. The van der Waals surface area contributed by atoms with Gasteiger partial charge in [-0.25, -0.2) is 0 Å². The lowest BCUT2D eigenvalue weighted by atomic mass is 10.3. The van der Waals surface area contributed by atoms with E-state index in [0.717, 1.165) is 19.5 Å². The average Bonchev–Trinajstić information content (AvgIpc) is 2.70. The molecule has 5 N–H and O–H groups in total. The summed E-state index contributed by atoms with van der Waals surface area (Å²) in [5, 5.41) is 9.74. The van der Waals surface area contributed by atoms with Crippen molar-refractivity contribution in [2.75, 3.05) is 13.1 Å². The Hall–Kier alpha value is -1.56. The highest BCUT2D eigenvalue weighted by molar-refractivity contribution is 7.09. The van der Waals surface area contributed by atoms with Gasteiger partial charge in [-0.2, -0.15) is 4.99 Å². The van der Waals surface area contributed by atoms with Crippen molar-refractivity contribution < 1.29 is 0 Å². The number of thiophene rings is 1. The highest BCUT2D eigenvalue weighted by atomic mass is 32.1. The fraction of sp³-hybridized carbons (Fsp3) is 0.400. The molecule has 1 aromatic rings. The number of likely N-dealkylation sites (N-methyl/N-ethyl adjacent to an activating group) is 1. The molecule has 0 aliphatic carbocycles. The molecular formula is C10H17N5S. The van der Waals surface area contributed by atoms with Crippen LogP contribution in [-0.2, 0) is 6.42 Å². The van der Waals surface area contributed by atoms with Crippen LogP contribution in [0, 0.1) is 5.41 Å². The summed E-state index contributed by atoms with van der Waals surface area (Å²) in [7, 11) is 0. The summed E-state index contributed by atoms with van der Waals surface area (Å²) < 4.78 is 0. The quantitative estimate of drug-likeness (QED) is 0.536. The van der Waals surface area contributed by atoms with E-state index >= 15 is 0 Å². The summed E-state index contributed by atoms with van der Waals surface area (Å²) in [6.45, 7) is 3.46. The Labute approximate surface area is 99.3 Å². The van der Waals surface area contributed by atoms with Crippen LogP contribution in [0.4, 0.5) is 0 Å². The van der Waals surface area contributed by atoms with Gasteiger partial charge >= 0.3 is 0 Å². The van der Waals surface area contributed by atoms with Crippen molar-refractivity contribution in [2.45, 2.75) is 13.3 Å². The van der Waals surface area contributed by atoms with Gasteiger partial charge in [-0.05, 0) is 24.8 Å². The Bertz CT molecular complexity index is 353. The van der Waals surface area contributed by atoms with E-state index in [1.54, 1.807) is 11.3 Å². The van der Waals surface area contributed by atoms with Crippen LogP contribution in [0.5, 0.6) is 0 Å². The maximum Gasteiger partial charge on any atom is 0.221 e. The molecule has 0 radical (unpaired) electrons. The molecule has 0 spiro atoms. The van der Waals surface area contributed by atoms with Crippen molar-refractivity contribution in [3.63, 3.8) is 0 Å². The number of nitrogens with two attached hydrogens (primary N) is 2. The van der Waals surface area contributed by atoms with E-state index in [4.69, 9.17) is 16.9 Å². The molecule has 0 saturated heterocycles. The van der Waals surface area contributed by atoms with Crippen LogP contribution in [0.15, 0.2) is 22.5 Å². The van der Waals surface area contributed by atoms with Crippen LogP contribution in [0.25, 0.3) is 0 Å². The average molecular weight is 239 g/mol. The van der Waals surface area contributed by atoms with E-state index in [1.165, 1.54) is 4.88 Å². The summed E-state index contributed by atoms with van der Waals surface area (Å²) in [6, 6.07) is 4.11. The molecule has 5 nitrogen and oxygen atoms in total. The van der Waals surface area contributed by atoms with Crippen molar-refractivity contribution >= 4 is 23.3 Å². The molecule has 16 heavy (non-hydrogen) atoms. The molecule has 0 aliphatic heterocycles. The van der Waals surface area contributed by atoms with E-state index in [9.17, 15) is 0 Å². The smallest absolute Gasteiger partial charge is 0.221 e. The van der Waals surface area contributed by atoms with Crippen LogP contribution < -0.4 is 11.5 Å². The Morgan fingerprint density at radius 2 is 2.31 bits per heavy atom.